The Morgan fingerprint density at radius 2 is 2.00 bits per heavy atom. The molecular weight excluding hydrogens is 190 g/mol. The second kappa shape index (κ2) is 5.42. The van der Waals surface area contributed by atoms with Gasteiger partial charge in [-0.1, -0.05) is 18.2 Å². The van der Waals surface area contributed by atoms with Crippen molar-refractivity contribution in [1.29, 1.82) is 0 Å². The van der Waals surface area contributed by atoms with Gasteiger partial charge >= 0.3 is 0 Å². The van der Waals surface area contributed by atoms with Gasteiger partial charge in [-0.15, -0.1) is 0 Å². The van der Waals surface area contributed by atoms with Crippen molar-refractivity contribution in [3.05, 3.63) is 34.9 Å². The zero-order valence-corrected chi connectivity index (χ0v) is 10.1. The van der Waals surface area contributed by atoms with Crippen molar-refractivity contribution in [2.24, 2.45) is 0 Å². The number of benzene rings is 1. The predicted molar refractivity (Wildman–Crippen MR) is 66.2 cm³/mol. The van der Waals surface area contributed by atoms with E-state index in [1.807, 2.05) is 7.05 Å². The van der Waals surface area contributed by atoms with Gasteiger partial charge in [0.25, 0.3) is 0 Å². The highest BCUT2D eigenvalue weighted by Crippen LogP contribution is 2.19. The Morgan fingerprint density at radius 3 is 2.50 bits per heavy atom. The van der Waals surface area contributed by atoms with Crippen molar-refractivity contribution >= 4 is 12.6 Å². The molecule has 0 aliphatic rings. The lowest BCUT2D eigenvalue weighted by molar-refractivity contribution is 0.581. The van der Waals surface area contributed by atoms with E-state index in [0.717, 1.165) is 12.2 Å². The predicted octanol–water partition coefficient (Wildman–Crippen LogP) is 2.88. The van der Waals surface area contributed by atoms with E-state index < -0.39 is 0 Å². The van der Waals surface area contributed by atoms with Crippen LogP contribution in [0.4, 0.5) is 0 Å². The second-order valence-electron chi connectivity index (χ2n) is 3.70. The van der Waals surface area contributed by atoms with Gasteiger partial charge in [0, 0.05) is 6.04 Å². The van der Waals surface area contributed by atoms with Gasteiger partial charge in [-0.2, -0.15) is 12.6 Å². The molecule has 0 saturated carbocycles. The number of rotatable bonds is 4. The van der Waals surface area contributed by atoms with Crippen molar-refractivity contribution in [3.63, 3.8) is 0 Å². The molecule has 0 bridgehead atoms. The number of hydrogen-bond acceptors (Lipinski definition) is 2. The van der Waals surface area contributed by atoms with E-state index in [9.17, 15) is 0 Å². The van der Waals surface area contributed by atoms with Gasteiger partial charge in [-0.25, -0.2) is 0 Å². The summed E-state index contributed by atoms with van der Waals surface area (Å²) in [5, 5.41) is 3.32. The molecule has 0 saturated heterocycles. The van der Waals surface area contributed by atoms with Crippen LogP contribution in [0.2, 0.25) is 0 Å². The maximum Gasteiger partial charge on any atom is 0.0325 e. The summed E-state index contributed by atoms with van der Waals surface area (Å²) in [6.07, 6.45) is 1.07. The van der Waals surface area contributed by atoms with Gasteiger partial charge in [0.2, 0.25) is 0 Å². The van der Waals surface area contributed by atoms with Gasteiger partial charge in [0.15, 0.2) is 0 Å². The van der Waals surface area contributed by atoms with E-state index in [-0.39, 0.29) is 0 Å². The molecule has 0 heterocycles. The third kappa shape index (κ3) is 2.76. The van der Waals surface area contributed by atoms with Crippen molar-refractivity contribution in [2.75, 3.05) is 12.8 Å². The number of nitrogens with one attached hydrogen (secondary N) is 1. The lowest BCUT2D eigenvalue weighted by Crippen LogP contribution is -2.16. The Labute approximate surface area is 92.3 Å². The minimum atomic E-state index is 0.437. The average molecular weight is 209 g/mol. The summed E-state index contributed by atoms with van der Waals surface area (Å²) in [5.41, 5.74) is 4.08. The smallest absolute Gasteiger partial charge is 0.0325 e. The maximum absolute atomic E-state index is 4.27. The van der Waals surface area contributed by atoms with E-state index in [4.69, 9.17) is 0 Å². The van der Waals surface area contributed by atoms with Crippen LogP contribution in [0.1, 0.15) is 29.2 Å². The first-order chi connectivity index (χ1) is 6.69. The molecule has 14 heavy (non-hydrogen) atoms. The molecule has 1 atom stereocenters. The Morgan fingerprint density at radius 1 is 1.29 bits per heavy atom. The van der Waals surface area contributed by atoms with Crippen LogP contribution in [0.3, 0.4) is 0 Å². The monoisotopic (exact) mass is 209 g/mol. The quantitative estimate of drug-likeness (QED) is 0.727. The van der Waals surface area contributed by atoms with E-state index >= 15 is 0 Å². The lowest BCUT2D eigenvalue weighted by Gasteiger charge is -2.16. The Kier molecular flexibility index (Phi) is 4.49. The third-order valence-corrected chi connectivity index (χ3v) is 2.96. The maximum atomic E-state index is 4.27. The molecule has 1 aromatic rings. The summed E-state index contributed by atoms with van der Waals surface area (Å²) in [5.74, 6) is 0.915. The highest BCUT2D eigenvalue weighted by atomic mass is 32.1. The highest BCUT2D eigenvalue weighted by Gasteiger charge is 2.08. The molecule has 0 aliphatic heterocycles. The molecule has 1 N–H and O–H groups in total. The standard InChI is InChI=1S/C12H19NS/c1-9-4-5-11(8-10(9)2)12(13-3)6-7-14/h4-5,8,12-14H,6-7H2,1-3H3. The molecule has 1 rings (SSSR count). The van der Waals surface area contributed by atoms with Gasteiger partial charge in [0.1, 0.15) is 0 Å². The fourth-order valence-electron chi connectivity index (χ4n) is 1.59. The van der Waals surface area contributed by atoms with Crippen LogP contribution in [0.15, 0.2) is 18.2 Å². The van der Waals surface area contributed by atoms with Crippen LogP contribution in [0.25, 0.3) is 0 Å². The van der Waals surface area contributed by atoms with Crippen LogP contribution < -0.4 is 5.32 Å². The zero-order chi connectivity index (χ0) is 10.6. The van der Waals surface area contributed by atoms with Gasteiger partial charge in [-0.05, 0) is 49.8 Å². The topological polar surface area (TPSA) is 12.0 Å². The van der Waals surface area contributed by atoms with Crippen molar-refractivity contribution < 1.29 is 0 Å². The average Bonchev–Trinajstić information content (AvgIpc) is 2.19. The molecule has 1 aromatic carbocycles. The summed E-state index contributed by atoms with van der Waals surface area (Å²) < 4.78 is 0. The van der Waals surface area contributed by atoms with Crippen LogP contribution in [0, 0.1) is 13.8 Å². The lowest BCUT2D eigenvalue weighted by atomic mass is 10.00. The van der Waals surface area contributed by atoms with Crippen LogP contribution in [0.5, 0.6) is 0 Å². The fraction of sp³-hybridized carbons (Fsp3) is 0.500. The van der Waals surface area contributed by atoms with Gasteiger partial charge in [-0.3, -0.25) is 0 Å². The van der Waals surface area contributed by atoms with Crippen LogP contribution in [-0.2, 0) is 0 Å². The van der Waals surface area contributed by atoms with E-state index in [2.05, 4.69) is 50.0 Å². The normalized spacial score (nSPS) is 12.9. The van der Waals surface area contributed by atoms with Crippen LogP contribution >= 0.6 is 12.6 Å². The van der Waals surface area contributed by atoms with Gasteiger partial charge in [0.05, 0.1) is 0 Å². The van der Waals surface area contributed by atoms with Crippen molar-refractivity contribution in [1.82, 2.24) is 5.32 Å². The summed E-state index contributed by atoms with van der Waals surface area (Å²) in [7, 11) is 2.00. The zero-order valence-electron chi connectivity index (χ0n) is 9.17. The molecule has 0 spiro atoms. The third-order valence-electron chi connectivity index (χ3n) is 2.70. The number of hydrogen-bond donors (Lipinski definition) is 2. The van der Waals surface area contributed by atoms with E-state index in [1.165, 1.54) is 16.7 Å². The van der Waals surface area contributed by atoms with E-state index in [1.54, 1.807) is 0 Å². The Bertz CT molecular complexity index is 296. The molecule has 0 aliphatic carbocycles. The van der Waals surface area contributed by atoms with Crippen molar-refractivity contribution in [2.45, 2.75) is 26.3 Å². The molecule has 0 fully saturated rings. The first-order valence-electron chi connectivity index (χ1n) is 5.04. The molecule has 1 nitrogen and oxygen atoms in total. The molecule has 0 radical (unpaired) electrons. The molecular formula is C12H19NS. The van der Waals surface area contributed by atoms with Crippen molar-refractivity contribution in [3.8, 4) is 0 Å². The fourth-order valence-corrected chi connectivity index (χ4v) is 1.85. The SMILES string of the molecule is CNC(CCS)c1ccc(C)c(C)c1. The summed E-state index contributed by atoms with van der Waals surface area (Å²) in [4.78, 5) is 0. The number of thiol groups is 1. The minimum absolute atomic E-state index is 0.437. The highest BCUT2D eigenvalue weighted by molar-refractivity contribution is 7.80. The second-order valence-corrected chi connectivity index (χ2v) is 4.14. The summed E-state index contributed by atoms with van der Waals surface area (Å²) >= 11 is 4.27. The summed E-state index contributed by atoms with van der Waals surface area (Å²) in [6, 6.07) is 7.09. The molecule has 1 unspecified atom stereocenters. The van der Waals surface area contributed by atoms with Crippen LogP contribution in [-0.4, -0.2) is 12.8 Å². The molecule has 0 aromatic heterocycles. The molecule has 2 heteroatoms. The minimum Gasteiger partial charge on any atom is -0.313 e. The Hall–Kier alpha value is -0.470. The Balaban J connectivity index is 2.88. The molecule has 0 amide bonds. The first kappa shape index (κ1) is 11.6. The number of aryl methyl sites for hydroxylation is 2. The molecule has 78 valence electrons. The van der Waals surface area contributed by atoms with E-state index in [0.29, 0.717) is 6.04 Å². The first-order valence-corrected chi connectivity index (χ1v) is 5.67. The van der Waals surface area contributed by atoms with Gasteiger partial charge < -0.3 is 5.32 Å². The largest absolute Gasteiger partial charge is 0.313 e. The summed E-state index contributed by atoms with van der Waals surface area (Å²) in [6.45, 7) is 4.30.